The summed E-state index contributed by atoms with van der Waals surface area (Å²) in [5.41, 5.74) is 3.50. The summed E-state index contributed by atoms with van der Waals surface area (Å²) in [5, 5.41) is 3.04. The first kappa shape index (κ1) is 22.3. The summed E-state index contributed by atoms with van der Waals surface area (Å²) in [6.07, 6.45) is 2.06. The van der Waals surface area contributed by atoms with Crippen LogP contribution in [-0.2, 0) is 15.0 Å². The topological polar surface area (TPSA) is 75.7 Å². The van der Waals surface area contributed by atoms with Crippen LogP contribution in [-0.4, -0.2) is 36.7 Å². The Morgan fingerprint density at radius 2 is 1.67 bits per heavy atom. The second-order valence-electron chi connectivity index (χ2n) is 9.71. The standard InChI is InChI=1S/C30H26N2O4/c1-17-16-25-30(22-9-5-6-10-23(22)31-29(30)35)26(28(34)19-12-14-20(36-3)15-13-19)27(18(2)33)32(25)24-11-7-4-8-21(17)24/h4-16,25-27H,1-3H3,(H,31,35)/t25-,26-,27+,30-/m0/s1. The molecule has 3 aromatic rings. The Labute approximate surface area is 209 Å². The summed E-state index contributed by atoms with van der Waals surface area (Å²) in [6, 6.07) is 20.9. The first-order valence-corrected chi connectivity index (χ1v) is 12.1. The summed E-state index contributed by atoms with van der Waals surface area (Å²) in [5.74, 6) is -0.930. The maximum absolute atomic E-state index is 14.4. The monoisotopic (exact) mass is 478 g/mol. The number of nitrogens with zero attached hydrogens (tertiary/aromatic N) is 1. The highest BCUT2D eigenvalue weighted by molar-refractivity contribution is 6.16. The molecule has 1 saturated heterocycles. The van der Waals surface area contributed by atoms with E-state index in [1.807, 2.05) is 60.4 Å². The van der Waals surface area contributed by atoms with E-state index in [1.165, 1.54) is 6.92 Å². The molecular formula is C30H26N2O4. The van der Waals surface area contributed by atoms with Gasteiger partial charge in [-0.05, 0) is 61.4 Å². The third kappa shape index (κ3) is 2.81. The fraction of sp³-hybridized carbons (Fsp3) is 0.233. The highest BCUT2D eigenvalue weighted by atomic mass is 16.5. The maximum Gasteiger partial charge on any atom is 0.238 e. The van der Waals surface area contributed by atoms with Gasteiger partial charge in [0.1, 0.15) is 11.2 Å². The molecule has 6 nitrogen and oxygen atoms in total. The molecule has 0 radical (unpaired) electrons. The smallest absolute Gasteiger partial charge is 0.238 e. The van der Waals surface area contributed by atoms with Gasteiger partial charge in [0, 0.05) is 22.5 Å². The maximum atomic E-state index is 14.4. The minimum atomic E-state index is -1.27. The van der Waals surface area contributed by atoms with Crippen molar-refractivity contribution < 1.29 is 19.1 Å². The Balaban J connectivity index is 1.65. The number of rotatable bonds is 4. The lowest BCUT2D eigenvalue weighted by Crippen LogP contribution is -2.51. The number of anilines is 2. The van der Waals surface area contributed by atoms with Gasteiger partial charge in [-0.2, -0.15) is 0 Å². The highest BCUT2D eigenvalue weighted by Crippen LogP contribution is 2.58. The number of Topliss-reactive ketones (excluding diaryl/α,β-unsaturated/α-hetero) is 2. The molecule has 1 spiro atoms. The van der Waals surface area contributed by atoms with Gasteiger partial charge in [-0.1, -0.05) is 42.5 Å². The normalized spacial score (nSPS) is 25.5. The number of methoxy groups -OCH3 is 1. The van der Waals surface area contributed by atoms with Gasteiger partial charge in [0.25, 0.3) is 0 Å². The van der Waals surface area contributed by atoms with Crippen molar-refractivity contribution in [3.05, 3.63) is 95.6 Å². The Hall–Kier alpha value is -4.19. The van der Waals surface area contributed by atoms with Crippen molar-refractivity contribution in [2.75, 3.05) is 17.3 Å². The van der Waals surface area contributed by atoms with Crippen LogP contribution in [0.4, 0.5) is 11.4 Å². The summed E-state index contributed by atoms with van der Waals surface area (Å²) < 4.78 is 5.27. The lowest BCUT2D eigenvalue weighted by molar-refractivity contribution is -0.122. The molecule has 3 heterocycles. The number of benzene rings is 3. The van der Waals surface area contributed by atoms with E-state index in [-0.39, 0.29) is 17.5 Å². The van der Waals surface area contributed by atoms with Crippen LogP contribution < -0.4 is 15.0 Å². The van der Waals surface area contributed by atoms with Gasteiger partial charge in [-0.3, -0.25) is 14.4 Å². The second-order valence-corrected chi connectivity index (χ2v) is 9.71. The number of ether oxygens (including phenoxy) is 1. The highest BCUT2D eigenvalue weighted by Gasteiger charge is 2.70. The van der Waals surface area contributed by atoms with Crippen molar-refractivity contribution >= 4 is 34.4 Å². The van der Waals surface area contributed by atoms with Gasteiger partial charge in [-0.25, -0.2) is 0 Å². The van der Waals surface area contributed by atoms with E-state index < -0.39 is 23.4 Å². The Morgan fingerprint density at radius 1 is 0.972 bits per heavy atom. The van der Waals surface area contributed by atoms with Gasteiger partial charge in [0.05, 0.1) is 25.1 Å². The molecule has 0 saturated carbocycles. The van der Waals surface area contributed by atoms with Crippen LogP contribution in [0, 0.1) is 5.92 Å². The van der Waals surface area contributed by atoms with Crippen molar-refractivity contribution in [2.24, 2.45) is 5.92 Å². The van der Waals surface area contributed by atoms with Gasteiger partial charge >= 0.3 is 0 Å². The van der Waals surface area contributed by atoms with Crippen molar-refractivity contribution in [3.8, 4) is 5.75 Å². The van der Waals surface area contributed by atoms with Crippen LogP contribution in [0.3, 0.4) is 0 Å². The average molecular weight is 479 g/mol. The first-order chi connectivity index (χ1) is 17.4. The average Bonchev–Trinajstić information content (AvgIpc) is 3.37. The first-order valence-electron chi connectivity index (χ1n) is 12.1. The van der Waals surface area contributed by atoms with Crippen LogP contribution in [0.2, 0.25) is 0 Å². The number of para-hydroxylation sites is 2. The number of fused-ring (bicyclic) bond motifs is 6. The van der Waals surface area contributed by atoms with Crippen molar-refractivity contribution in [1.82, 2.24) is 0 Å². The number of carbonyl (C=O) groups excluding carboxylic acids is 3. The molecule has 180 valence electrons. The molecule has 3 aromatic carbocycles. The third-order valence-electron chi connectivity index (χ3n) is 7.96. The SMILES string of the molecule is COc1ccc(C(=O)[C@@H]2[C@@H](C(C)=O)N3c4ccccc4C(C)=C[C@H]3[C@]23C(=O)Nc2ccccc23)cc1. The summed E-state index contributed by atoms with van der Waals surface area (Å²) >= 11 is 0. The van der Waals surface area contributed by atoms with Crippen molar-refractivity contribution in [3.63, 3.8) is 0 Å². The molecule has 1 fully saturated rings. The molecule has 0 bridgehead atoms. The van der Waals surface area contributed by atoms with Gasteiger partial charge < -0.3 is 15.0 Å². The van der Waals surface area contributed by atoms with E-state index in [0.29, 0.717) is 17.0 Å². The zero-order valence-corrected chi connectivity index (χ0v) is 20.3. The van der Waals surface area contributed by atoms with E-state index >= 15 is 0 Å². The lowest BCUT2D eigenvalue weighted by Gasteiger charge is -2.39. The molecule has 6 rings (SSSR count). The van der Waals surface area contributed by atoms with Crippen LogP contribution in [0.15, 0.2) is 78.9 Å². The Morgan fingerprint density at radius 3 is 2.39 bits per heavy atom. The zero-order chi connectivity index (χ0) is 25.2. The molecule has 4 atom stereocenters. The van der Waals surface area contributed by atoms with Gasteiger partial charge in [0.2, 0.25) is 5.91 Å². The molecule has 3 aliphatic heterocycles. The summed E-state index contributed by atoms with van der Waals surface area (Å²) in [4.78, 5) is 43.9. The fourth-order valence-corrected chi connectivity index (χ4v) is 6.48. The number of hydrogen-bond acceptors (Lipinski definition) is 5. The van der Waals surface area contributed by atoms with E-state index in [0.717, 1.165) is 22.4 Å². The molecule has 0 aliphatic carbocycles. The molecule has 36 heavy (non-hydrogen) atoms. The number of allylic oxidation sites excluding steroid dienone is 1. The van der Waals surface area contributed by atoms with Crippen LogP contribution >= 0.6 is 0 Å². The Bertz CT molecular complexity index is 1460. The predicted molar refractivity (Wildman–Crippen MR) is 138 cm³/mol. The van der Waals surface area contributed by atoms with Crippen molar-refractivity contribution in [1.29, 1.82) is 0 Å². The molecular weight excluding hydrogens is 452 g/mol. The van der Waals surface area contributed by atoms with Crippen LogP contribution in [0.1, 0.15) is 35.3 Å². The fourth-order valence-electron chi connectivity index (χ4n) is 6.48. The van der Waals surface area contributed by atoms with Crippen LogP contribution in [0.5, 0.6) is 5.75 Å². The molecule has 1 amide bonds. The van der Waals surface area contributed by atoms with Crippen LogP contribution in [0.25, 0.3) is 5.57 Å². The Kier molecular flexibility index (Phi) is 4.90. The second kappa shape index (κ2) is 7.92. The van der Waals surface area contributed by atoms with E-state index in [4.69, 9.17) is 4.74 Å². The lowest BCUT2D eigenvalue weighted by atomic mass is 9.64. The summed E-state index contributed by atoms with van der Waals surface area (Å²) in [6.45, 7) is 3.53. The number of hydrogen-bond donors (Lipinski definition) is 1. The number of ketones is 2. The largest absolute Gasteiger partial charge is 0.497 e. The third-order valence-corrected chi connectivity index (χ3v) is 7.96. The van der Waals surface area contributed by atoms with E-state index in [2.05, 4.69) is 11.4 Å². The van der Waals surface area contributed by atoms with Crippen molar-refractivity contribution in [2.45, 2.75) is 31.3 Å². The molecule has 0 aromatic heterocycles. The summed E-state index contributed by atoms with van der Waals surface area (Å²) in [7, 11) is 1.57. The van der Waals surface area contributed by atoms with Gasteiger partial charge in [-0.15, -0.1) is 0 Å². The van der Waals surface area contributed by atoms with E-state index in [1.54, 1.807) is 31.4 Å². The molecule has 6 heteroatoms. The van der Waals surface area contributed by atoms with E-state index in [9.17, 15) is 14.4 Å². The predicted octanol–water partition coefficient (Wildman–Crippen LogP) is 4.65. The minimum absolute atomic E-state index is 0.149. The minimum Gasteiger partial charge on any atom is -0.497 e. The molecule has 0 unspecified atom stereocenters. The number of carbonyl (C=O) groups is 3. The molecule has 3 aliphatic rings. The number of amides is 1. The number of nitrogens with one attached hydrogen (secondary N) is 1. The molecule has 1 N–H and O–H groups in total. The quantitative estimate of drug-likeness (QED) is 0.553. The van der Waals surface area contributed by atoms with Gasteiger partial charge in [0.15, 0.2) is 11.6 Å². The zero-order valence-electron chi connectivity index (χ0n) is 20.3.